The van der Waals surface area contributed by atoms with Crippen molar-refractivity contribution in [2.24, 2.45) is 5.10 Å². The maximum absolute atomic E-state index is 11.4. The van der Waals surface area contributed by atoms with E-state index in [9.17, 15) is 10.1 Å². The average molecular weight is 448 g/mol. The van der Waals surface area contributed by atoms with Gasteiger partial charge in [-0.25, -0.2) is 5.43 Å². The van der Waals surface area contributed by atoms with Crippen molar-refractivity contribution in [2.75, 3.05) is 35.5 Å². The Hall–Kier alpha value is -4.48. The molecule has 5 rings (SSSR count). The van der Waals surface area contributed by atoms with Gasteiger partial charge in [-0.2, -0.15) is 20.1 Å². The van der Waals surface area contributed by atoms with Gasteiger partial charge < -0.3 is 19.7 Å². The zero-order valence-corrected chi connectivity index (χ0v) is 17.5. The highest BCUT2D eigenvalue weighted by Crippen LogP contribution is 2.37. The zero-order valence-electron chi connectivity index (χ0n) is 17.5. The van der Waals surface area contributed by atoms with Crippen molar-refractivity contribution >= 4 is 35.4 Å². The van der Waals surface area contributed by atoms with E-state index in [0.717, 1.165) is 31.6 Å². The van der Waals surface area contributed by atoms with E-state index >= 15 is 0 Å². The molecule has 1 saturated heterocycles. The fraction of sp³-hybridized carbons (Fsp3) is 0.238. The summed E-state index contributed by atoms with van der Waals surface area (Å²) in [5.41, 5.74) is 3.71. The Morgan fingerprint density at radius 3 is 2.52 bits per heavy atom. The molecule has 12 nitrogen and oxygen atoms in total. The molecule has 1 aromatic heterocycles. The smallest absolute Gasteiger partial charge is 0.282 e. The second kappa shape index (κ2) is 8.94. The van der Waals surface area contributed by atoms with Crippen LogP contribution in [0.25, 0.3) is 0 Å². The lowest BCUT2D eigenvalue weighted by Crippen LogP contribution is -2.21. The number of rotatable bonds is 7. The van der Waals surface area contributed by atoms with Gasteiger partial charge >= 0.3 is 0 Å². The van der Waals surface area contributed by atoms with Crippen molar-refractivity contribution < 1.29 is 14.4 Å². The van der Waals surface area contributed by atoms with E-state index < -0.39 is 4.92 Å². The first-order valence-electron chi connectivity index (χ1n) is 10.4. The largest absolute Gasteiger partial charge is 0.454 e. The van der Waals surface area contributed by atoms with Gasteiger partial charge in [0.15, 0.2) is 11.5 Å². The summed E-state index contributed by atoms with van der Waals surface area (Å²) in [7, 11) is 0. The Morgan fingerprint density at radius 2 is 1.76 bits per heavy atom. The standard InChI is InChI=1S/C21H20N8O4/c30-29(31)16-11-18-17(32-13-33-18)10-14(16)12-22-27-20-24-19(23-15-6-2-1-3-7-15)25-21(26-20)28-8-4-5-9-28/h1-3,6-7,10-12H,4-5,8-9,13H2,(H2,23,24,25,26,27). The molecule has 2 N–H and O–H groups in total. The Bertz CT molecular complexity index is 1200. The Labute approximate surface area is 188 Å². The molecule has 0 bridgehead atoms. The number of nitro benzene ring substituents is 1. The lowest BCUT2D eigenvalue weighted by molar-refractivity contribution is -0.385. The number of nitrogens with one attached hydrogen (secondary N) is 2. The van der Waals surface area contributed by atoms with E-state index in [2.05, 4.69) is 35.7 Å². The molecule has 12 heteroatoms. The molecular formula is C21H20N8O4. The first-order chi connectivity index (χ1) is 16.2. The van der Waals surface area contributed by atoms with Crippen LogP contribution in [0.3, 0.4) is 0 Å². The minimum Gasteiger partial charge on any atom is -0.454 e. The van der Waals surface area contributed by atoms with Crippen molar-refractivity contribution in [3.63, 3.8) is 0 Å². The van der Waals surface area contributed by atoms with Gasteiger partial charge in [-0.1, -0.05) is 18.2 Å². The van der Waals surface area contributed by atoms with Crippen LogP contribution in [0.4, 0.5) is 29.2 Å². The molecule has 2 aliphatic rings. The maximum atomic E-state index is 11.4. The lowest BCUT2D eigenvalue weighted by atomic mass is 10.1. The van der Waals surface area contributed by atoms with Crippen LogP contribution in [0.1, 0.15) is 18.4 Å². The van der Waals surface area contributed by atoms with Gasteiger partial charge in [0.05, 0.1) is 22.8 Å². The third kappa shape index (κ3) is 4.59. The monoisotopic (exact) mass is 448 g/mol. The Balaban J connectivity index is 1.41. The summed E-state index contributed by atoms with van der Waals surface area (Å²) in [5, 5.41) is 18.7. The van der Waals surface area contributed by atoms with Crippen molar-refractivity contribution in [1.29, 1.82) is 0 Å². The van der Waals surface area contributed by atoms with Crippen LogP contribution in [0.5, 0.6) is 11.5 Å². The molecule has 0 radical (unpaired) electrons. The van der Waals surface area contributed by atoms with Crippen LogP contribution >= 0.6 is 0 Å². The molecule has 0 unspecified atom stereocenters. The first kappa shape index (κ1) is 20.4. The predicted octanol–water partition coefficient (Wildman–Crippen LogP) is 3.30. The van der Waals surface area contributed by atoms with Gasteiger partial charge in [0.1, 0.15) is 0 Å². The van der Waals surface area contributed by atoms with Crippen LogP contribution < -0.4 is 25.1 Å². The molecule has 33 heavy (non-hydrogen) atoms. The van der Waals surface area contributed by atoms with Gasteiger partial charge in [0.2, 0.25) is 24.6 Å². The van der Waals surface area contributed by atoms with Gasteiger partial charge in [-0.15, -0.1) is 0 Å². The fourth-order valence-electron chi connectivity index (χ4n) is 3.55. The second-order valence-corrected chi connectivity index (χ2v) is 7.36. The summed E-state index contributed by atoms with van der Waals surface area (Å²) in [6.45, 7) is 1.74. The van der Waals surface area contributed by atoms with Gasteiger partial charge in [-0.3, -0.25) is 10.1 Å². The summed E-state index contributed by atoms with van der Waals surface area (Å²) in [5.74, 6) is 1.87. The van der Waals surface area contributed by atoms with Crippen LogP contribution in [-0.4, -0.2) is 46.0 Å². The van der Waals surface area contributed by atoms with Crippen molar-refractivity contribution in [2.45, 2.75) is 12.8 Å². The molecule has 1 fully saturated rings. The first-order valence-corrected chi connectivity index (χ1v) is 10.4. The van der Waals surface area contributed by atoms with Crippen LogP contribution in [0.2, 0.25) is 0 Å². The normalized spacial score (nSPS) is 14.6. The summed E-state index contributed by atoms with van der Waals surface area (Å²) in [6, 6.07) is 12.4. The Morgan fingerprint density at radius 1 is 1.03 bits per heavy atom. The highest BCUT2D eigenvalue weighted by molar-refractivity contribution is 5.87. The molecule has 2 aliphatic heterocycles. The quantitative estimate of drug-likeness (QED) is 0.314. The fourth-order valence-corrected chi connectivity index (χ4v) is 3.55. The third-order valence-corrected chi connectivity index (χ3v) is 5.13. The number of benzene rings is 2. The summed E-state index contributed by atoms with van der Waals surface area (Å²) < 4.78 is 10.5. The number of fused-ring (bicyclic) bond motifs is 1. The summed E-state index contributed by atoms with van der Waals surface area (Å²) >= 11 is 0. The number of ether oxygens (including phenoxy) is 2. The maximum Gasteiger partial charge on any atom is 0.282 e. The topological polar surface area (TPSA) is 140 Å². The van der Waals surface area contributed by atoms with E-state index in [1.165, 1.54) is 18.3 Å². The van der Waals surface area contributed by atoms with Gasteiger partial charge in [0, 0.05) is 18.8 Å². The van der Waals surface area contributed by atoms with Crippen molar-refractivity contribution in [3.8, 4) is 11.5 Å². The van der Waals surface area contributed by atoms with Crippen LogP contribution in [-0.2, 0) is 0 Å². The molecule has 0 saturated carbocycles. The molecule has 168 valence electrons. The highest BCUT2D eigenvalue weighted by Gasteiger charge is 2.22. The van der Waals surface area contributed by atoms with E-state index in [0.29, 0.717) is 23.4 Å². The number of nitro groups is 1. The highest BCUT2D eigenvalue weighted by atomic mass is 16.7. The number of nitrogens with zero attached hydrogens (tertiary/aromatic N) is 6. The van der Waals surface area contributed by atoms with E-state index in [1.807, 2.05) is 30.3 Å². The molecule has 0 spiro atoms. The van der Waals surface area contributed by atoms with Crippen molar-refractivity contribution in [3.05, 3.63) is 58.1 Å². The predicted molar refractivity (Wildman–Crippen MR) is 121 cm³/mol. The van der Waals surface area contributed by atoms with E-state index in [-0.39, 0.29) is 24.0 Å². The SMILES string of the molecule is O=[N+]([O-])c1cc2c(cc1C=NNc1nc(Nc3ccccc3)nc(N3CCCC3)n1)OCO2. The molecule has 2 aromatic carbocycles. The Kier molecular flexibility index (Phi) is 5.54. The molecule has 3 aromatic rings. The molecule has 0 amide bonds. The molecular weight excluding hydrogens is 428 g/mol. The van der Waals surface area contributed by atoms with E-state index in [1.54, 1.807) is 0 Å². The summed E-state index contributed by atoms with van der Waals surface area (Å²) in [4.78, 5) is 26.4. The van der Waals surface area contributed by atoms with Crippen LogP contribution in [0, 0.1) is 10.1 Å². The number of hydrogen-bond donors (Lipinski definition) is 2. The second-order valence-electron chi connectivity index (χ2n) is 7.36. The molecule has 0 aliphatic carbocycles. The third-order valence-electron chi connectivity index (χ3n) is 5.13. The van der Waals surface area contributed by atoms with E-state index in [4.69, 9.17) is 9.47 Å². The molecule has 0 atom stereocenters. The zero-order chi connectivity index (χ0) is 22.6. The number of aromatic nitrogens is 3. The number of hydrazone groups is 1. The minimum absolute atomic E-state index is 0.0205. The van der Waals surface area contributed by atoms with Gasteiger partial charge in [0.25, 0.3) is 5.69 Å². The average Bonchev–Trinajstić information content (AvgIpc) is 3.51. The number of hydrogen-bond acceptors (Lipinski definition) is 11. The minimum atomic E-state index is -0.500. The van der Waals surface area contributed by atoms with Crippen LogP contribution in [0.15, 0.2) is 47.6 Å². The summed E-state index contributed by atoms with van der Waals surface area (Å²) in [6.07, 6.45) is 3.47. The number of para-hydroxylation sites is 1. The molecule has 3 heterocycles. The van der Waals surface area contributed by atoms with Gasteiger partial charge in [-0.05, 0) is 31.0 Å². The number of anilines is 4. The van der Waals surface area contributed by atoms with Crippen molar-refractivity contribution in [1.82, 2.24) is 15.0 Å². The lowest BCUT2D eigenvalue weighted by Gasteiger charge is -2.16.